The van der Waals surface area contributed by atoms with Crippen molar-refractivity contribution in [2.24, 2.45) is 0 Å². The molecule has 0 aliphatic carbocycles. The lowest BCUT2D eigenvalue weighted by molar-refractivity contribution is -0.113. The third-order valence-electron chi connectivity index (χ3n) is 3.60. The maximum Gasteiger partial charge on any atom is 0.265 e. The Morgan fingerprint density at radius 2 is 1.59 bits per heavy atom. The number of hydrogen-bond acceptors (Lipinski definition) is 4. The SMILES string of the molecule is O=C(CSc1ccc(NC(=O)c2cccs2)cc1)Nc1c(F)c(F)cc(F)c1F. The first kappa shape index (κ1) is 20.9. The van der Waals surface area contributed by atoms with Crippen LogP contribution in [-0.2, 0) is 4.79 Å². The van der Waals surface area contributed by atoms with Gasteiger partial charge in [0.25, 0.3) is 5.91 Å². The minimum atomic E-state index is -1.67. The summed E-state index contributed by atoms with van der Waals surface area (Å²) in [6, 6.07) is 10.1. The summed E-state index contributed by atoms with van der Waals surface area (Å²) < 4.78 is 53.5. The van der Waals surface area contributed by atoms with Crippen LogP contribution in [0.2, 0.25) is 0 Å². The average molecular weight is 440 g/mol. The van der Waals surface area contributed by atoms with Crippen molar-refractivity contribution in [3.63, 3.8) is 0 Å². The molecule has 29 heavy (non-hydrogen) atoms. The molecule has 3 rings (SSSR count). The molecular weight excluding hydrogens is 428 g/mol. The highest BCUT2D eigenvalue weighted by Crippen LogP contribution is 2.25. The normalized spacial score (nSPS) is 10.6. The van der Waals surface area contributed by atoms with Crippen LogP contribution in [0.1, 0.15) is 9.67 Å². The second-order valence-electron chi connectivity index (χ2n) is 5.64. The summed E-state index contributed by atoms with van der Waals surface area (Å²) in [5.41, 5.74) is -0.615. The van der Waals surface area contributed by atoms with Crippen LogP contribution in [0.5, 0.6) is 0 Å². The lowest BCUT2D eigenvalue weighted by Gasteiger charge is -2.09. The third kappa shape index (κ3) is 5.15. The standard InChI is InChI=1S/C19H12F4N2O2S2/c20-12-8-13(21)17(23)18(16(12)22)25-15(26)9-29-11-5-3-10(4-6-11)24-19(27)14-2-1-7-28-14/h1-8H,9H2,(H,24,27)(H,25,26). The number of halogens is 4. The quantitative estimate of drug-likeness (QED) is 0.311. The van der Waals surface area contributed by atoms with Crippen LogP contribution in [0.3, 0.4) is 0 Å². The molecule has 0 atom stereocenters. The van der Waals surface area contributed by atoms with E-state index < -0.39 is 34.9 Å². The van der Waals surface area contributed by atoms with Crippen LogP contribution < -0.4 is 10.6 Å². The van der Waals surface area contributed by atoms with Gasteiger partial charge in [0, 0.05) is 16.6 Å². The van der Waals surface area contributed by atoms with Gasteiger partial charge in [-0.15, -0.1) is 23.1 Å². The summed E-state index contributed by atoms with van der Waals surface area (Å²) in [7, 11) is 0. The number of anilines is 2. The Kier molecular flexibility index (Phi) is 6.55. The molecule has 2 N–H and O–H groups in total. The lowest BCUT2D eigenvalue weighted by Crippen LogP contribution is -2.17. The van der Waals surface area contributed by atoms with Gasteiger partial charge in [-0.25, -0.2) is 17.6 Å². The second kappa shape index (κ2) is 9.10. The highest BCUT2D eigenvalue weighted by molar-refractivity contribution is 8.00. The molecule has 0 aliphatic heterocycles. The Balaban J connectivity index is 1.56. The molecule has 2 amide bonds. The van der Waals surface area contributed by atoms with E-state index in [-0.39, 0.29) is 17.7 Å². The van der Waals surface area contributed by atoms with Crippen molar-refractivity contribution in [1.82, 2.24) is 0 Å². The molecule has 0 fully saturated rings. The molecule has 0 saturated heterocycles. The Morgan fingerprint density at radius 1 is 0.931 bits per heavy atom. The van der Waals surface area contributed by atoms with Crippen LogP contribution in [0, 0.1) is 23.3 Å². The fraction of sp³-hybridized carbons (Fsp3) is 0.0526. The largest absolute Gasteiger partial charge is 0.321 e. The summed E-state index contributed by atoms with van der Waals surface area (Å²) in [4.78, 5) is 25.1. The topological polar surface area (TPSA) is 58.2 Å². The van der Waals surface area contributed by atoms with Crippen molar-refractivity contribution in [2.45, 2.75) is 4.90 Å². The maximum atomic E-state index is 13.6. The van der Waals surface area contributed by atoms with Crippen LogP contribution in [0.15, 0.2) is 52.7 Å². The minimum Gasteiger partial charge on any atom is -0.321 e. The fourth-order valence-electron chi connectivity index (χ4n) is 2.24. The molecule has 2 aromatic carbocycles. The predicted molar refractivity (Wildman–Crippen MR) is 104 cm³/mol. The zero-order valence-electron chi connectivity index (χ0n) is 14.5. The number of amides is 2. The number of carbonyl (C=O) groups is 2. The first-order valence-electron chi connectivity index (χ1n) is 8.05. The minimum absolute atomic E-state index is 0.0633. The van der Waals surface area contributed by atoms with Gasteiger partial charge in [0.05, 0.1) is 10.6 Å². The Morgan fingerprint density at radius 3 is 2.17 bits per heavy atom. The first-order chi connectivity index (χ1) is 13.8. The fourth-order valence-corrected chi connectivity index (χ4v) is 3.56. The summed E-state index contributed by atoms with van der Waals surface area (Å²) >= 11 is 2.35. The predicted octanol–water partition coefficient (Wildman–Crippen LogP) is 5.29. The number of thioether (sulfide) groups is 1. The molecule has 0 aliphatic rings. The van der Waals surface area contributed by atoms with Crippen molar-refractivity contribution in [1.29, 1.82) is 0 Å². The van der Waals surface area contributed by atoms with E-state index in [2.05, 4.69) is 5.32 Å². The van der Waals surface area contributed by atoms with Crippen LogP contribution >= 0.6 is 23.1 Å². The van der Waals surface area contributed by atoms with E-state index in [9.17, 15) is 27.2 Å². The molecule has 1 heterocycles. The molecule has 150 valence electrons. The molecule has 10 heteroatoms. The molecule has 0 bridgehead atoms. The van der Waals surface area contributed by atoms with Gasteiger partial charge in [-0.05, 0) is 35.7 Å². The molecule has 4 nitrogen and oxygen atoms in total. The lowest BCUT2D eigenvalue weighted by atomic mass is 10.2. The molecule has 1 aromatic heterocycles. The number of nitrogens with one attached hydrogen (secondary N) is 2. The number of benzene rings is 2. The average Bonchev–Trinajstić information content (AvgIpc) is 3.24. The van der Waals surface area contributed by atoms with E-state index in [1.165, 1.54) is 11.3 Å². The van der Waals surface area contributed by atoms with Crippen molar-refractivity contribution in [3.05, 3.63) is 76.0 Å². The Bertz CT molecular complexity index is 1020. The van der Waals surface area contributed by atoms with E-state index in [1.54, 1.807) is 41.8 Å². The highest BCUT2D eigenvalue weighted by atomic mass is 32.2. The van der Waals surface area contributed by atoms with Crippen molar-refractivity contribution >= 4 is 46.3 Å². The molecular formula is C19H12F4N2O2S2. The molecule has 0 unspecified atom stereocenters. The van der Waals surface area contributed by atoms with Gasteiger partial charge in [0.15, 0.2) is 23.3 Å². The molecule has 0 spiro atoms. The molecule has 0 radical (unpaired) electrons. The van der Waals surface area contributed by atoms with Gasteiger partial charge in [-0.2, -0.15) is 0 Å². The zero-order valence-corrected chi connectivity index (χ0v) is 16.1. The van der Waals surface area contributed by atoms with Gasteiger partial charge in [0.1, 0.15) is 5.69 Å². The summed E-state index contributed by atoms with van der Waals surface area (Å²) in [6.45, 7) is 0. The monoisotopic (exact) mass is 440 g/mol. The van der Waals surface area contributed by atoms with Crippen LogP contribution in [0.4, 0.5) is 28.9 Å². The summed E-state index contributed by atoms with van der Waals surface area (Å²) in [6.07, 6.45) is 0. The second-order valence-corrected chi connectivity index (χ2v) is 7.63. The Labute approximate surface area is 170 Å². The maximum absolute atomic E-state index is 13.6. The van der Waals surface area contributed by atoms with Crippen molar-refractivity contribution < 1.29 is 27.2 Å². The molecule has 3 aromatic rings. The molecule has 0 saturated carbocycles. The number of thiophene rings is 1. The van der Waals surface area contributed by atoms with E-state index in [0.29, 0.717) is 15.5 Å². The smallest absolute Gasteiger partial charge is 0.265 e. The van der Waals surface area contributed by atoms with Gasteiger partial charge >= 0.3 is 0 Å². The number of hydrogen-bond donors (Lipinski definition) is 2. The number of rotatable bonds is 6. The van der Waals surface area contributed by atoms with Gasteiger partial charge in [0.2, 0.25) is 5.91 Å². The van der Waals surface area contributed by atoms with E-state index >= 15 is 0 Å². The van der Waals surface area contributed by atoms with E-state index in [0.717, 1.165) is 11.8 Å². The summed E-state index contributed by atoms with van der Waals surface area (Å²) in [5.74, 6) is -7.89. The number of carbonyl (C=O) groups excluding carboxylic acids is 2. The van der Waals surface area contributed by atoms with Gasteiger partial charge in [-0.3, -0.25) is 9.59 Å². The van der Waals surface area contributed by atoms with E-state index in [4.69, 9.17) is 0 Å². The zero-order chi connectivity index (χ0) is 21.0. The van der Waals surface area contributed by atoms with E-state index in [1.807, 2.05) is 5.32 Å². The van der Waals surface area contributed by atoms with Crippen LogP contribution in [-0.4, -0.2) is 17.6 Å². The Hall–Kier alpha value is -2.85. The van der Waals surface area contributed by atoms with Crippen molar-refractivity contribution in [2.75, 3.05) is 16.4 Å². The third-order valence-corrected chi connectivity index (χ3v) is 5.48. The highest BCUT2D eigenvalue weighted by Gasteiger charge is 2.20. The van der Waals surface area contributed by atoms with Crippen LogP contribution in [0.25, 0.3) is 0 Å². The van der Waals surface area contributed by atoms with Gasteiger partial charge < -0.3 is 10.6 Å². The van der Waals surface area contributed by atoms with Crippen molar-refractivity contribution in [3.8, 4) is 0 Å². The summed E-state index contributed by atoms with van der Waals surface area (Å²) in [5, 5.41) is 6.35. The van der Waals surface area contributed by atoms with Gasteiger partial charge in [-0.1, -0.05) is 6.07 Å². The first-order valence-corrected chi connectivity index (χ1v) is 9.92.